The smallest absolute Gasteiger partial charge is 0.165 e. The van der Waals surface area contributed by atoms with Crippen LogP contribution in [0.3, 0.4) is 0 Å². The van der Waals surface area contributed by atoms with Crippen molar-refractivity contribution in [2.75, 3.05) is 0 Å². The number of para-hydroxylation sites is 1. The Hall–Kier alpha value is -1.52. The number of halogens is 1. The van der Waals surface area contributed by atoms with Gasteiger partial charge in [-0.05, 0) is 12.5 Å². The van der Waals surface area contributed by atoms with Gasteiger partial charge in [-0.3, -0.25) is 4.68 Å². The summed E-state index contributed by atoms with van der Waals surface area (Å²) < 4.78 is 7.82. The number of benzene rings is 1. The number of aryl methyl sites for hydroxylation is 1. The van der Waals surface area contributed by atoms with E-state index in [0.717, 1.165) is 25.1 Å². The van der Waals surface area contributed by atoms with Crippen LogP contribution in [0.1, 0.15) is 32.8 Å². The Morgan fingerprint density at radius 3 is 2.90 bits per heavy atom. The second kappa shape index (κ2) is 7.48. The molecule has 0 aliphatic heterocycles. The third-order valence-corrected chi connectivity index (χ3v) is 3.33. The molecule has 114 valence electrons. The summed E-state index contributed by atoms with van der Waals surface area (Å²) in [7, 11) is 0. The first-order valence-corrected chi connectivity index (χ1v) is 7.69. The molecule has 1 heterocycles. The molecule has 0 saturated heterocycles. The minimum atomic E-state index is 0.407. The van der Waals surface area contributed by atoms with Crippen LogP contribution in [0.4, 0.5) is 0 Å². The Kier molecular flexibility index (Phi) is 5.65. The lowest BCUT2D eigenvalue weighted by Crippen LogP contribution is -2.22. The minimum Gasteiger partial charge on any atom is -0.452 e. The SMILES string of the molecule is CCCn1cc(Oc2c(Cl)cccc2CNC(C)C)cn1. The summed E-state index contributed by atoms with van der Waals surface area (Å²) in [4.78, 5) is 0. The third kappa shape index (κ3) is 4.48. The van der Waals surface area contributed by atoms with Gasteiger partial charge in [-0.15, -0.1) is 0 Å². The van der Waals surface area contributed by atoms with Crippen molar-refractivity contribution in [1.82, 2.24) is 15.1 Å². The Labute approximate surface area is 131 Å². The van der Waals surface area contributed by atoms with Gasteiger partial charge in [0.1, 0.15) is 0 Å². The summed E-state index contributed by atoms with van der Waals surface area (Å²) in [5.74, 6) is 1.41. The fraction of sp³-hybridized carbons (Fsp3) is 0.438. The van der Waals surface area contributed by atoms with Crippen LogP contribution in [-0.2, 0) is 13.1 Å². The van der Waals surface area contributed by atoms with Crippen LogP contribution >= 0.6 is 11.6 Å². The highest BCUT2D eigenvalue weighted by molar-refractivity contribution is 6.32. The summed E-state index contributed by atoms with van der Waals surface area (Å²) in [5.41, 5.74) is 1.04. The first-order chi connectivity index (χ1) is 10.1. The van der Waals surface area contributed by atoms with Gasteiger partial charge in [0, 0.05) is 24.7 Å². The van der Waals surface area contributed by atoms with E-state index in [2.05, 4.69) is 31.2 Å². The van der Waals surface area contributed by atoms with Gasteiger partial charge in [0.2, 0.25) is 0 Å². The number of aromatic nitrogens is 2. The molecule has 0 amide bonds. The van der Waals surface area contributed by atoms with Crippen LogP contribution in [0.5, 0.6) is 11.5 Å². The van der Waals surface area contributed by atoms with E-state index in [4.69, 9.17) is 16.3 Å². The van der Waals surface area contributed by atoms with Crippen LogP contribution in [-0.4, -0.2) is 15.8 Å². The fourth-order valence-electron chi connectivity index (χ4n) is 1.99. The Morgan fingerprint density at radius 1 is 1.38 bits per heavy atom. The fourth-order valence-corrected chi connectivity index (χ4v) is 2.22. The summed E-state index contributed by atoms with van der Waals surface area (Å²) in [6, 6.07) is 6.20. The average Bonchev–Trinajstić information content (AvgIpc) is 2.87. The molecule has 4 nitrogen and oxygen atoms in total. The second-order valence-corrected chi connectivity index (χ2v) is 5.71. The quantitative estimate of drug-likeness (QED) is 0.831. The van der Waals surface area contributed by atoms with Gasteiger partial charge >= 0.3 is 0 Å². The molecule has 0 saturated carbocycles. The first kappa shape index (κ1) is 15.9. The predicted molar refractivity (Wildman–Crippen MR) is 86.0 cm³/mol. The van der Waals surface area contributed by atoms with Crippen molar-refractivity contribution in [1.29, 1.82) is 0 Å². The lowest BCUT2D eigenvalue weighted by molar-refractivity contribution is 0.468. The normalized spacial score (nSPS) is 11.1. The monoisotopic (exact) mass is 307 g/mol. The van der Waals surface area contributed by atoms with Crippen molar-refractivity contribution < 1.29 is 4.74 Å². The van der Waals surface area contributed by atoms with Crippen LogP contribution < -0.4 is 10.1 Å². The number of rotatable bonds is 7. The highest BCUT2D eigenvalue weighted by atomic mass is 35.5. The van der Waals surface area contributed by atoms with E-state index in [1.165, 1.54) is 0 Å². The molecular weight excluding hydrogens is 286 g/mol. The van der Waals surface area contributed by atoms with Crippen molar-refractivity contribution in [3.8, 4) is 11.5 Å². The lowest BCUT2D eigenvalue weighted by atomic mass is 10.2. The molecule has 5 heteroatoms. The van der Waals surface area contributed by atoms with E-state index >= 15 is 0 Å². The highest BCUT2D eigenvalue weighted by Crippen LogP contribution is 2.32. The van der Waals surface area contributed by atoms with Crippen molar-refractivity contribution in [3.63, 3.8) is 0 Å². The molecule has 0 fully saturated rings. The Bertz CT molecular complexity index is 581. The van der Waals surface area contributed by atoms with Crippen molar-refractivity contribution in [2.45, 2.75) is 46.3 Å². The molecule has 1 aromatic heterocycles. The molecular formula is C16H22ClN3O. The summed E-state index contributed by atoms with van der Waals surface area (Å²) in [6.45, 7) is 7.94. The maximum absolute atomic E-state index is 6.28. The van der Waals surface area contributed by atoms with E-state index in [-0.39, 0.29) is 0 Å². The van der Waals surface area contributed by atoms with E-state index in [1.807, 2.05) is 29.1 Å². The van der Waals surface area contributed by atoms with E-state index < -0.39 is 0 Å². The number of nitrogens with zero attached hydrogens (tertiary/aromatic N) is 2. The molecule has 2 rings (SSSR count). The van der Waals surface area contributed by atoms with Gasteiger partial charge in [-0.25, -0.2) is 0 Å². The molecule has 0 spiro atoms. The summed E-state index contributed by atoms with van der Waals surface area (Å²) in [6.07, 6.45) is 4.65. The van der Waals surface area contributed by atoms with Gasteiger partial charge in [0.15, 0.2) is 11.5 Å². The molecule has 0 aliphatic rings. The van der Waals surface area contributed by atoms with Crippen LogP contribution in [0.15, 0.2) is 30.6 Å². The summed E-state index contributed by atoms with van der Waals surface area (Å²) >= 11 is 6.28. The standard InChI is InChI=1S/C16H22ClN3O/c1-4-8-20-11-14(10-19-20)21-16-13(9-18-12(2)3)6-5-7-15(16)17/h5-7,10-12,18H,4,8-9H2,1-3H3. The van der Waals surface area contributed by atoms with Crippen molar-refractivity contribution in [3.05, 3.63) is 41.2 Å². The molecule has 2 aromatic rings. The minimum absolute atomic E-state index is 0.407. The lowest BCUT2D eigenvalue weighted by Gasteiger charge is -2.14. The van der Waals surface area contributed by atoms with E-state index in [0.29, 0.717) is 22.6 Å². The maximum atomic E-state index is 6.28. The molecule has 1 aromatic carbocycles. The van der Waals surface area contributed by atoms with Gasteiger partial charge in [0.25, 0.3) is 0 Å². The zero-order chi connectivity index (χ0) is 15.2. The Morgan fingerprint density at radius 2 is 2.19 bits per heavy atom. The first-order valence-electron chi connectivity index (χ1n) is 7.31. The number of hydrogen-bond acceptors (Lipinski definition) is 3. The van der Waals surface area contributed by atoms with E-state index in [1.54, 1.807) is 6.20 Å². The second-order valence-electron chi connectivity index (χ2n) is 5.30. The van der Waals surface area contributed by atoms with Gasteiger partial charge in [0.05, 0.1) is 17.4 Å². The molecule has 0 atom stereocenters. The van der Waals surface area contributed by atoms with Crippen LogP contribution in [0.25, 0.3) is 0 Å². The molecule has 0 aliphatic carbocycles. The molecule has 0 unspecified atom stereocenters. The number of ether oxygens (including phenoxy) is 1. The van der Waals surface area contributed by atoms with E-state index in [9.17, 15) is 0 Å². The molecule has 0 radical (unpaired) electrons. The zero-order valence-electron chi connectivity index (χ0n) is 12.8. The maximum Gasteiger partial charge on any atom is 0.165 e. The van der Waals surface area contributed by atoms with Gasteiger partial charge in [-0.1, -0.05) is 44.5 Å². The average molecular weight is 308 g/mol. The highest BCUT2D eigenvalue weighted by Gasteiger charge is 2.11. The van der Waals surface area contributed by atoms with Crippen LogP contribution in [0.2, 0.25) is 5.02 Å². The zero-order valence-corrected chi connectivity index (χ0v) is 13.5. The van der Waals surface area contributed by atoms with Crippen molar-refractivity contribution in [2.24, 2.45) is 0 Å². The largest absolute Gasteiger partial charge is 0.452 e. The topological polar surface area (TPSA) is 39.1 Å². The molecule has 1 N–H and O–H groups in total. The van der Waals surface area contributed by atoms with Crippen molar-refractivity contribution >= 4 is 11.6 Å². The molecule has 0 bridgehead atoms. The van der Waals surface area contributed by atoms with Gasteiger partial charge < -0.3 is 10.1 Å². The number of hydrogen-bond donors (Lipinski definition) is 1. The third-order valence-electron chi connectivity index (χ3n) is 3.03. The summed E-state index contributed by atoms with van der Waals surface area (Å²) in [5, 5.41) is 8.26. The Balaban J connectivity index is 2.17. The molecule has 21 heavy (non-hydrogen) atoms. The predicted octanol–water partition coefficient (Wildman–Crippen LogP) is 4.24. The van der Waals surface area contributed by atoms with Gasteiger partial charge in [-0.2, -0.15) is 5.10 Å². The number of nitrogens with one attached hydrogen (secondary N) is 1. The van der Waals surface area contributed by atoms with Crippen LogP contribution in [0, 0.1) is 0 Å².